The van der Waals surface area contributed by atoms with E-state index >= 15 is 0 Å². The number of nitrogens with one attached hydrogen (secondary N) is 2. The molecule has 2 aromatic heterocycles. The standard InChI is InChI=1S/C19H19N5O3S2/c1-2-20-29(25,26)21-12-18-24-23-17(27-18)11-19-22-15-9-8-14(10-16(15)28-19)13-6-4-3-5-7-13/h3-10,20-21H,2,11-12H2,1H3. The molecule has 150 valence electrons. The van der Waals surface area contributed by atoms with Crippen LogP contribution >= 0.6 is 11.3 Å². The average Bonchev–Trinajstić information content (AvgIpc) is 3.33. The van der Waals surface area contributed by atoms with Gasteiger partial charge in [-0.05, 0) is 23.3 Å². The van der Waals surface area contributed by atoms with Gasteiger partial charge in [-0.25, -0.2) is 9.71 Å². The Labute approximate surface area is 172 Å². The first-order valence-corrected chi connectivity index (χ1v) is 11.3. The molecule has 8 nitrogen and oxygen atoms in total. The SMILES string of the molecule is CCNS(=O)(=O)NCc1nnc(Cc2nc3ccc(-c4ccccc4)cc3s2)o1. The molecule has 0 aliphatic heterocycles. The van der Waals surface area contributed by atoms with Crippen molar-refractivity contribution in [2.24, 2.45) is 0 Å². The van der Waals surface area contributed by atoms with Crippen molar-refractivity contribution in [2.45, 2.75) is 19.9 Å². The Bertz CT molecular complexity index is 1220. The molecule has 0 saturated heterocycles. The van der Waals surface area contributed by atoms with Gasteiger partial charge in [-0.3, -0.25) is 0 Å². The monoisotopic (exact) mass is 429 g/mol. The fourth-order valence-corrected chi connectivity index (χ4v) is 4.61. The van der Waals surface area contributed by atoms with Gasteiger partial charge in [0.1, 0.15) is 5.01 Å². The van der Waals surface area contributed by atoms with Gasteiger partial charge in [-0.2, -0.15) is 13.1 Å². The topological polar surface area (TPSA) is 110 Å². The van der Waals surface area contributed by atoms with Crippen LogP contribution in [0.15, 0.2) is 52.9 Å². The molecule has 4 aromatic rings. The second-order valence-electron chi connectivity index (χ2n) is 6.24. The largest absolute Gasteiger partial charge is 0.423 e. The van der Waals surface area contributed by atoms with Crippen LogP contribution in [0.2, 0.25) is 0 Å². The van der Waals surface area contributed by atoms with E-state index in [1.807, 2.05) is 24.3 Å². The highest BCUT2D eigenvalue weighted by Gasteiger charge is 2.14. The second-order valence-corrected chi connectivity index (χ2v) is 8.94. The van der Waals surface area contributed by atoms with E-state index in [9.17, 15) is 8.42 Å². The summed E-state index contributed by atoms with van der Waals surface area (Å²) < 4.78 is 34.5. The Morgan fingerprint density at radius 3 is 2.59 bits per heavy atom. The first-order valence-electron chi connectivity index (χ1n) is 9.03. The van der Waals surface area contributed by atoms with Crippen LogP contribution in [-0.2, 0) is 23.2 Å². The highest BCUT2D eigenvalue weighted by Crippen LogP contribution is 2.29. The molecule has 0 aliphatic rings. The molecule has 2 heterocycles. The maximum Gasteiger partial charge on any atom is 0.277 e. The Balaban J connectivity index is 1.46. The smallest absolute Gasteiger partial charge is 0.277 e. The third-order valence-electron chi connectivity index (χ3n) is 4.10. The number of benzene rings is 2. The number of hydrogen-bond acceptors (Lipinski definition) is 7. The van der Waals surface area contributed by atoms with E-state index in [2.05, 4.69) is 48.9 Å². The summed E-state index contributed by atoms with van der Waals surface area (Å²) in [5, 5.41) is 8.73. The highest BCUT2D eigenvalue weighted by atomic mass is 32.2. The molecule has 29 heavy (non-hydrogen) atoms. The summed E-state index contributed by atoms with van der Waals surface area (Å²) in [6.45, 7) is 1.93. The van der Waals surface area contributed by atoms with E-state index in [-0.39, 0.29) is 12.4 Å². The molecule has 0 bridgehead atoms. The lowest BCUT2D eigenvalue weighted by atomic mass is 10.1. The summed E-state index contributed by atoms with van der Waals surface area (Å²) in [4.78, 5) is 4.63. The summed E-state index contributed by atoms with van der Waals surface area (Å²) in [5.74, 6) is 0.596. The number of thiazole rings is 1. The van der Waals surface area contributed by atoms with Crippen molar-refractivity contribution in [3.05, 3.63) is 65.3 Å². The van der Waals surface area contributed by atoms with Gasteiger partial charge >= 0.3 is 0 Å². The molecule has 0 saturated carbocycles. The molecule has 0 amide bonds. The molecule has 0 aliphatic carbocycles. The lowest BCUT2D eigenvalue weighted by Crippen LogP contribution is -2.35. The molecule has 0 spiro atoms. The zero-order valence-electron chi connectivity index (χ0n) is 15.6. The predicted octanol–water partition coefficient (Wildman–Crippen LogP) is 2.88. The van der Waals surface area contributed by atoms with E-state index in [1.54, 1.807) is 18.3 Å². The summed E-state index contributed by atoms with van der Waals surface area (Å²) in [6, 6.07) is 16.4. The Morgan fingerprint density at radius 1 is 1.00 bits per heavy atom. The van der Waals surface area contributed by atoms with Gasteiger partial charge in [0.2, 0.25) is 11.8 Å². The van der Waals surface area contributed by atoms with Crippen molar-refractivity contribution < 1.29 is 12.8 Å². The average molecular weight is 430 g/mol. The molecule has 2 N–H and O–H groups in total. The van der Waals surface area contributed by atoms with Gasteiger partial charge in [-0.15, -0.1) is 21.5 Å². The summed E-state index contributed by atoms with van der Waals surface area (Å²) in [5.41, 5.74) is 3.22. The molecule has 0 unspecified atom stereocenters. The molecule has 0 radical (unpaired) electrons. The zero-order chi connectivity index (χ0) is 20.3. The van der Waals surface area contributed by atoms with Crippen LogP contribution in [0.3, 0.4) is 0 Å². The van der Waals surface area contributed by atoms with Gasteiger partial charge in [-0.1, -0.05) is 43.3 Å². The van der Waals surface area contributed by atoms with E-state index in [0.717, 1.165) is 26.4 Å². The normalized spacial score (nSPS) is 11.9. The molecule has 0 atom stereocenters. The number of hydrogen-bond donors (Lipinski definition) is 2. The third-order valence-corrected chi connectivity index (χ3v) is 6.31. The number of fused-ring (bicyclic) bond motifs is 1. The predicted molar refractivity (Wildman–Crippen MR) is 112 cm³/mol. The lowest BCUT2D eigenvalue weighted by Gasteiger charge is -2.03. The van der Waals surface area contributed by atoms with Gasteiger partial charge in [0.05, 0.1) is 23.2 Å². The van der Waals surface area contributed by atoms with Crippen molar-refractivity contribution in [3.63, 3.8) is 0 Å². The van der Waals surface area contributed by atoms with Crippen molar-refractivity contribution in [2.75, 3.05) is 6.54 Å². The quantitative estimate of drug-likeness (QED) is 0.446. The molecular weight excluding hydrogens is 410 g/mol. The van der Waals surface area contributed by atoms with Crippen LogP contribution in [0.5, 0.6) is 0 Å². The number of nitrogens with zero attached hydrogens (tertiary/aromatic N) is 3. The van der Waals surface area contributed by atoms with Crippen LogP contribution in [0.1, 0.15) is 23.7 Å². The van der Waals surface area contributed by atoms with E-state index in [0.29, 0.717) is 18.9 Å². The first kappa shape index (κ1) is 19.6. The van der Waals surface area contributed by atoms with Crippen LogP contribution < -0.4 is 9.44 Å². The minimum Gasteiger partial charge on any atom is -0.423 e. The minimum atomic E-state index is -3.56. The van der Waals surface area contributed by atoms with E-state index in [4.69, 9.17) is 4.42 Å². The van der Waals surface area contributed by atoms with E-state index in [1.165, 1.54) is 0 Å². The fourth-order valence-electron chi connectivity index (χ4n) is 2.82. The fraction of sp³-hybridized carbons (Fsp3) is 0.211. The second kappa shape index (κ2) is 8.37. The van der Waals surface area contributed by atoms with Crippen molar-refractivity contribution in [1.82, 2.24) is 24.6 Å². The van der Waals surface area contributed by atoms with Gasteiger partial charge in [0.25, 0.3) is 10.2 Å². The number of aromatic nitrogens is 3. The van der Waals surface area contributed by atoms with Crippen molar-refractivity contribution >= 4 is 31.8 Å². The first-order chi connectivity index (χ1) is 14.0. The molecule has 4 rings (SSSR count). The van der Waals surface area contributed by atoms with Crippen LogP contribution in [0, 0.1) is 0 Å². The zero-order valence-corrected chi connectivity index (χ0v) is 17.3. The van der Waals surface area contributed by atoms with Crippen LogP contribution in [0.25, 0.3) is 21.3 Å². The molecule has 10 heteroatoms. The minimum absolute atomic E-state index is 0.0669. The van der Waals surface area contributed by atoms with E-state index < -0.39 is 10.2 Å². The molecule has 2 aromatic carbocycles. The van der Waals surface area contributed by atoms with Crippen molar-refractivity contribution in [3.8, 4) is 11.1 Å². The Morgan fingerprint density at radius 2 is 1.79 bits per heavy atom. The lowest BCUT2D eigenvalue weighted by molar-refractivity contribution is 0.450. The molecular formula is C19H19N5O3S2. The van der Waals surface area contributed by atoms with Gasteiger partial charge in [0.15, 0.2) is 0 Å². The van der Waals surface area contributed by atoms with Crippen molar-refractivity contribution in [1.29, 1.82) is 0 Å². The van der Waals surface area contributed by atoms with Gasteiger partial charge in [0, 0.05) is 6.54 Å². The number of rotatable bonds is 8. The summed E-state index contributed by atoms with van der Waals surface area (Å²) in [6.07, 6.45) is 0.396. The van der Waals surface area contributed by atoms with Crippen LogP contribution in [-0.4, -0.2) is 30.1 Å². The summed E-state index contributed by atoms with van der Waals surface area (Å²) >= 11 is 1.57. The molecule has 0 fully saturated rings. The Kier molecular flexibility index (Phi) is 5.67. The third kappa shape index (κ3) is 4.85. The maximum absolute atomic E-state index is 11.6. The van der Waals surface area contributed by atoms with Crippen LogP contribution in [0.4, 0.5) is 0 Å². The van der Waals surface area contributed by atoms with Gasteiger partial charge < -0.3 is 4.42 Å². The summed E-state index contributed by atoms with van der Waals surface area (Å²) in [7, 11) is -3.56. The Hall–Kier alpha value is -2.66. The maximum atomic E-state index is 11.6. The highest BCUT2D eigenvalue weighted by molar-refractivity contribution is 7.87.